The van der Waals surface area contributed by atoms with Crippen LogP contribution in [0, 0.1) is 5.82 Å². The van der Waals surface area contributed by atoms with Gasteiger partial charge in [-0.15, -0.1) is 0 Å². The molecule has 1 heterocycles. The summed E-state index contributed by atoms with van der Waals surface area (Å²) in [7, 11) is 1.52. The Morgan fingerprint density at radius 2 is 1.97 bits per heavy atom. The Bertz CT molecular complexity index is 991. The molecule has 0 saturated carbocycles. The van der Waals surface area contributed by atoms with Gasteiger partial charge >= 0.3 is 0 Å². The van der Waals surface area contributed by atoms with Crippen molar-refractivity contribution >= 4 is 44.9 Å². The highest BCUT2D eigenvalue weighted by Gasteiger charge is 2.35. The molecule has 29 heavy (non-hydrogen) atoms. The summed E-state index contributed by atoms with van der Waals surface area (Å²) in [4.78, 5) is 26.4. The summed E-state index contributed by atoms with van der Waals surface area (Å²) in [5, 5.41) is -0.373. The minimum Gasteiger partial charge on any atom is -0.493 e. The van der Waals surface area contributed by atoms with Gasteiger partial charge in [0.25, 0.3) is 11.1 Å². The number of hydrogen-bond acceptors (Lipinski definition) is 5. The number of carbonyl (C=O) groups is 2. The van der Waals surface area contributed by atoms with Crippen molar-refractivity contribution < 1.29 is 23.5 Å². The maximum absolute atomic E-state index is 13.1. The molecule has 2 aromatic carbocycles. The number of halogens is 2. The number of rotatable bonds is 7. The number of imide groups is 1. The monoisotopic (exact) mass is 477 g/mol. The first-order valence-corrected chi connectivity index (χ1v) is 10.1. The van der Waals surface area contributed by atoms with Gasteiger partial charge in [0.05, 0.1) is 23.0 Å². The lowest BCUT2D eigenvalue weighted by Gasteiger charge is -2.13. The third-order valence-corrected chi connectivity index (χ3v) is 5.52. The number of ether oxygens (including phenoxy) is 2. The van der Waals surface area contributed by atoms with Crippen molar-refractivity contribution in [2.75, 3.05) is 13.7 Å². The normalized spacial score (nSPS) is 15.1. The van der Waals surface area contributed by atoms with Gasteiger partial charge in [-0.25, -0.2) is 4.39 Å². The van der Waals surface area contributed by atoms with Crippen LogP contribution in [0.25, 0.3) is 6.08 Å². The SMILES string of the molecule is C=CCOc1c(Br)cc(/C=C2/SC(=O)N(Cc3ccc(F)cc3)C2=O)cc1OC. The Kier molecular flexibility index (Phi) is 6.76. The van der Waals surface area contributed by atoms with Crippen LogP contribution in [0.2, 0.25) is 0 Å². The Hall–Kier alpha value is -2.58. The molecule has 2 amide bonds. The highest BCUT2D eigenvalue weighted by Crippen LogP contribution is 2.39. The molecule has 150 valence electrons. The van der Waals surface area contributed by atoms with Crippen LogP contribution in [0.3, 0.4) is 0 Å². The minimum atomic E-state index is -0.397. The molecular weight excluding hydrogens is 461 g/mol. The van der Waals surface area contributed by atoms with Crippen LogP contribution in [0.5, 0.6) is 11.5 Å². The Balaban J connectivity index is 1.84. The van der Waals surface area contributed by atoms with E-state index < -0.39 is 5.91 Å². The molecule has 1 saturated heterocycles. The summed E-state index contributed by atoms with van der Waals surface area (Å²) in [6, 6.07) is 9.18. The first-order valence-electron chi connectivity index (χ1n) is 8.54. The fraction of sp³-hybridized carbons (Fsp3) is 0.143. The number of amides is 2. The molecule has 0 atom stereocenters. The topological polar surface area (TPSA) is 55.8 Å². The predicted molar refractivity (Wildman–Crippen MR) is 114 cm³/mol. The van der Waals surface area contributed by atoms with Crippen LogP contribution in [0.1, 0.15) is 11.1 Å². The fourth-order valence-corrected chi connectivity index (χ4v) is 4.08. The molecule has 0 aliphatic carbocycles. The third kappa shape index (κ3) is 4.89. The first-order chi connectivity index (χ1) is 13.9. The molecule has 1 aliphatic heterocycles. The largest absolute Gasteiger partial charge is 0.493 e. The van der Waals surface area contributed by atoms with Crippen molar-refractivity contribution in [3.05, 3.63) is 75.4 Å². The number of methoxy groups -OCH3 is 1. The molecule has 1 aliphatic rings. The maximum atomic E-state index is 13.1. The third-order valence-electron chi connectivity index (χ3n) is 4.02. The summed E-state index contributed by atoms with van der Waals surface area (Å²) in [6.45, 7) is 4.02. The summed E-state index contributed by atoms with van der Waals surface area (Å²) >= 11 is 4.30. The van der Waals surface area contributed by atoms with Crippen molar-refractivity contribution in [3.8, 4) is 11.5 Å². The molecule has 0 spiro atoms. The van der Waals surface area contributed by atoms with Crippen molar-refractivity contribution in [3.63, 3.8) is 0 Å². The highest BCUT2D eigenvalue weighted by atomic mass is 79.9. The van der Waals surface area contributed by atoms with Gasteiger partial charge in [0.1, 0.15) is 12.4 Å². The van der Waals surface area contributed by atoms with Crippen LogP contribution in [-0.4, -0.2) is 29.8 Å². The molecule has 8 heteroatoms. The van der Waals surface area contributed by atoms with Gasteiger partial charge in [-0.1, -0.05) is 24.8 Å². The van der Waals surface area contributed by atoms with Crippen molar-refractivity contribution in [1.29, 1.82) is 0 Å². The van der Waals surface area contributed by atoms with E-state index in [0.29, 0.717) is 38.6 Å². The zero-order valence-corrected chi connectivity index (χ0v) is 17.9. The van der Waals surface area contributed by atoms with Crippen LogP contribution >= 0.6 is 27.7 Å². The number of carbonyl (C=O) groups excluding carboxylic acids is 2. The zero-order chi connectivity index (χ0) is 21.0. The summed E-state index contributed by atoms with van der Waals surface area (Å²) in [5.74, 6) is 0.237. The van der Waals surface area contributed by atoms with Crippen molar-refractivity contribution in [2.24, 2.45) is 0 Å². The summed E-state index contributed by atoms with van der Waals surface area (Å²) in [5.41, 5.74) is 1.34. The fourth-order valence-electron chi connectivity index (χ4n) is 2.67. The molecule has 0 bridgehead atoms. The van der Waals surface area contributed by atoms with Gasteiger partial charge in [0, 0.05) is 0 Å². The molecule has 0 aromatic heterocycles. The highest BCUT2D eigenvalue weighted by molar-refractivity contribution is 9.10. The van der Waals surface area contributed by atoms with E-state index in [1.165, 1.54) is 19.2 Å². The lowest BCUT2D eigenvalue weighted by atomic mass is 10.1. The van der Waals surface area contributed by atoms with Gasteiger partial charge in [-0.05, 0) is 69.2 Å². The molecule has 3 rings (SSSR count). The van der Waals surface area contributed by atoms with Gasteiger partial charge in [0.15, 0.2) is 11.5 Å². The quantitative estimate of drug-likeness (QED) is 0.394. The van der Waals surface area contributed by atoms with E-state index in [4.69, 9.17) is 9.47 Å². The average molecular weight is 478 g/mol. The molecule has 0 N–H and O–H groups in total. The lowest BCUT2D eigenvalue weighted by Crippen LogP contribution is -2.27. The molecular formula is C21H17BrFNO4S. The van der Waals surface area contributed by atoms with E-state index >= 15 is 0 Å². The number of benzene rings is 2. The first kappa shape index (κ1) is 21.1. The summed E-state index contributed by atoms with van der Waals surface area (Å²) < 4.78 is 24.7. The van der Waals surface area contributed by atoms with E-state index in [2.05, 4.69) is 22.5 Å². The van der Waals surface area contributed by atoms with E-state index in [0.717, 1.165) is 16.7 Å². The number of nitrogens with zero attached hydrogens (tertiary/aromatic N) is 1. The van der Waals surface area contributed by atoms with E-state index in [1.54, 1.807) is 36.4 Å². The van der Waals surface area contributed by atoms with Crippen LogP contribution in [0.15, 0.2) is 58.4 Å². The molecule has 5 nitrogen and oxygen atoms in total. The van der Waals surface area contributed by atoms with Gasteiger partial charge in [0.2, 0.25) is 0 Å². The van der Waals surface area contributed by atoms with Crippen LogP contribution in [-0.2, 0) is 11.3 Å². The van der Waals surface area contributed by atoms with E-state index in [-0.39, 0.29) is 17.6 Å². The molecule has 1 fully saturated rings. The summed E-state index contributed by atoms with van der Waals surface area (Å²) in [6.07, 6.45) is 3.25. The second kappa shape index (κ2) is 9.28. The predicted octanol–water partition coefficient (Wildman–Crippen LogP) is 5.40. The Morgan fingerprint density at radius 3 is 2.62 bits per heavy atom. The second-order valence-corrected chi connectivity index (χ2v) is 7.88. The zero-order valence-electron chi connectivity index (χ0n) is 15.5. The Labute approximate surface area is 180 Å². The van der Waals surface area contributed by atoms with Gasteiger partial charge in [-0.2, -0.15) is 0 Å². The minimum absolute atomic E-state index is 0.0869. The van der Waals surface area contributed by atoms with Crippen LogP contribution in [0.4, 0.5) is 9.18 Å². The average Bonchev–Trinajstić information content (AvgIpc) is 2.95. The number of hydrogen-bond donors (Lipinski definition) is 0. The smallest absolute Gasteiger partial charge is 0.293 e. The van der Waals surface area contributed by atoms with Crippen molar-refractivity contribution in [1.82, 2.24) is 4.90 Å². The van der Waals surface area contributed by atoms with Crippen molar-refractivity contribution in [2.45, 2.75) is 6.54 Å². The lowest BCUT2D eigenvalue weighted by molar-refractivity contribution is -0.123. The van der Waals surface area contributed by atoms with E-state index in [1.807, 2.05) is 0 Å². The van der Waals surface area contributed by atoms with Gasteiger partial charge < -0.3 is 9.47 Å². The molecule has 0 radical (unpaired) electrons. The van der Waals surface area contributed by atoms with Gasteiger partial charge in [-0.3, -0.25) is 14.5 Å². The van der Waals surface area contributed by atoms with E-state index in [9.17, 15) is 14.0 Å². The number of thioether (sulfide) groups is 1. The molecule has 0 unspecified atom stereocenters. The second-order valence-electron chi connectivity index (χ2n) is 6.03. The van der Waals surface area contributed by atoms with Crippen LogP contribution < -0.4 is 9.47 Å². The maximum Gasteiger partial charge on any atom is 0.293 e. The standard InChI is InChI=1S/C21H17BrFNO4S/c1-3-8-28-19-16(22)9-14(10-17(19)27-2)11-18-20(25)24(21(26)29-18)12-13-4-6-15(23)7-5-13/h3-7,9-11H,1,8,12H2,2H3/b18-11+. The molecule has 2 aromatic rings. The Morgan fingerprint density at radius 1 is 1.24 bits per heavy atom.